The van der Waals surface area contributed by atoms with Gasteiger partial charge >= 0.3 is 5.97 Å². The van der Waals surface area contributed by atoms with Crippen LogP contribution in [-0.4, -0.2) is 55.8 Å². The van der Waals surface area contributed by atoms with Crippen LogP contribution in [0.1, 0.15) is 35.7 Å². The lowest BCUT2D eigenvalue weighted by Crippen LogP contribution is -2.31. The minimum Gasteiger partial charge on any atom is -0.462 e. The maximum Gasteiger partial charge on any atom is 0.343 e. The van der Waals surface area contributed by atoms with Gasteiger partial charge in [0.2, 0.25) is 16.0 Å². The van der Waals surface area contributed by atoms with Crippen molar-refractivity contribution in [1.82, 2.24) is 14.7 Å². The van der Waals surface area contributed by atoms with Crippen LogP contribution in [0.25, 0.3) is 0 Å². The van der Waals surface area contributed by atoms with Gasteiger partial charge in [0.1, 0.15) is 11.4 Å². The molecule has 1 aliphatic carbocycles. The lowest BCUT2D eigenvalue weighted by molar-refractivity contribution is 0.0526. The molecule has 2 aromatic rings. The van der Waals surface area contributed by atoms with E-state index in [4.69, 9.17) is 4.74 Å². The molecule has 3 N–H and O–H groups in total. The molecule has 30 heavy (non-hydrogen) atoms. The number of anilines is 2. The van der Waals surface area contributed by atoms with E-state index in [-0.39, 0.29) is 24.0 Å². The molecular formula is C20H27N5O4S. The second-order valence-corrected chi connectivity index (χ2v) is 8.95. The molecule has 0 unspecified atom stereocenters. The first-order chi connectivity index (χ1) is 14.5. The van der Waals surface area contributed by atoms with Crippen molar-refractivity contribution in [3.63, 3.8) is 0 Å². The Morgan fingerprint density at radius 3 is 2.60 bits per heavy atom. The summed E-state index contributed by atoms with van der Waals surface area (Å²) in [7, 11) is -3.22. The van der Waals surface area contributed by atoms with Gasteiger partial charge in [-0.15, -0.1) is 0 Å². The monoisotopic (exact) mass is 433 g/mol. The summed E-state index contributed by atoms with van der Waals surface area (Å²) in [5, 5.41) is 5.91. The Morgan fingerprint density at radius 2 is 1.90 bits per heavy atom. The molecule has 0 aliphatic heterocycles. The highest BCUT2D eigenvalue weighted by atomic mass is 32.2. The molecule has 162 valence electrons. The normalized spacial score (nSPS) is 13.6. The number of nitrogens with one attached hydrogen (secondary N) is 3. The summed E-state index contributed by atoms with van der Waals surface area (Å²) in [6.45, 7) is 3.13. The summed E-state index contributed by atoms with van der Waals surface area (Å²) in [6.07, 6.45) is 3.61. The average molecular weight is 434 g/mol. The van der Waals surface area contributed by atoms with Gasteiger partial charge in [0.25, 0.3) is 0 Å². The van der Waals surface area contributed by atoms with E-state index in [9.17, 15) is 13.2 Å². The van der Waals surface area contributed by atoms with Crippen molar-refractivity contribution < 1.29 is 17.9 Å². The van der Waals surface area contributed by atoms with E-state index in [1.807, 2.05) is 30.3 Å². The summed E-state index contributed by atoms with van der Waals surface area (Å²) < 4.78 is 31.3. The number of hydrogen-bond donors (Lipinski definition) is 3. The minimum atomic E-state index is -3.22. The molecule has 1 aliphatic rings. The number of aromatic nitrogens is 2. The smallest absolute Gasteiger partial charge is 0.343 e. The lowest BCUT2D eigenvalue weighted by Gasteiger charge is -2.13. The number of benzene rings is 1. The van der Waals surface area contributed by atoms with E-state index in [1.165, 1.54) is 6.20 Å². The van der Waals surface area contributed by atoms with Gasteiger partial charge in [0, 0.05) is 25.8 Å². The van der Waals surface area contributed by atoms with Crippen molar-refractivity contribution in [2.24, 2.45) is 0 Å². The molecule has 0 saturated heterocycles. The summed E-state index contributed by atoms with van der Waals surface area (Å²) in [4.78, 5) is 20.7. The van der Waals surface area contributed by atoms with E-state index in [0.717, 1.165) is 24.8 Å². The number of ether oxygens (including phenoxy) is 1. The SMILES string of the molecule is CCOC(=O)c1cnc(NCCNS(=O)(=O)C2CC2)nc1NCCc1ccccc1. The highest BCUT2D eigenvalue weighted by Gasteiger charge is 2.35. The Labute approximate surface area is 176 Å². The summed E-state index contributed by atoms with van der Waals surface area (Å²) >= 11 is 0. The molecule has 0 spiro atoms. The standard InChI is InChI=1S/C20H27N5O4S/c1-2-29-19(26)17-14-23-20(22-12-13-24-30(27,28)16-8-9-16)25-18(17)21-11-10-15-6-4-3-5-7-15/h3-7,14,16,24H,2,8-13H2,1H3,(H2,21,22,23,25). The van der Waals surface area contributed by atoms with Gasteiger partial charge < -0.3 is 15.4 Å². The predicted octanol–water partition coefficient (Wildman–Crippen LogP) is 1.80. The van der Waals surface area contributed by atoms with Crippen LogP contribution in [0.2, 0.25) is 0 Å². The molecule has 1 aromatic carbocycles. The second-order valence-electron chi connectivity index (χ2n) is 6.90. The van der Waals surface area contributed by atoms with Gasteiger partial charge in [-0.3, -0.25) is 0 Å². The highest BCUT2D eigenvalue weighted by molar-refractivity contribution is 7.90. The highest BCUT2D eigenvalue weighted by Crippen LogP contribution is 2.27. The van der Waals surface area contributed by atoms with Crippen molar-refractivity contribution in [2.75, 3.05) is 36.9 Å². The van der Waals surface area contributed by atoms with Crippen LogP contribution in [0.3, 0.4) is 0 Å². The lowest BCUT2D eigenvalue weighted by atomic mass is 10.1. The predicted molar refractivity (Wildman–Crippen MR) is 115 cm³/mol. The minimum absolute atomic E-state index is 0.235. The van der Waals surface area contributed by atoms with Crippen LogP contribution < -0.4 is 15.4 Å². The van der Waals surface area contributed by atoms with Crippen LogP contribution in [-0.2, 0) is 21.2 Å². The molecule has 1 fully saturated rings. The summed E-state index contributed by atoms with van der Waals surface area (Å²) in [6, 6.07) is 9.98. The first-order valence-corrected chi connectivity index (χ1v) is 11.6. The first kappa shape index (κ1) is 22.0. The van der Waals surface area contributed by atoms with E-state index in [1.54, 1.807) is 6.92 Å². The molecule has 1 saturated carbocycles. The molecule has 3 rings (SSSR count). The van der Waals surface area contributed by atoms with Gasteiger partial charge in [-0.1, -0.05) is 30.3 Å². The molecule has 0 amide bonds. The number of nitrogens with zero attached hydrogens (tertiary/aromatic N) is 2. The van der Waals surface area contributed by atoms with Crippen LogP contribution in [0.5, 0.6) is 0 Å². The fourth-order valence-electron chi connectivity index (χ4n) is 2.79. The number of carbonyl (C=O) groups excluding carboxylic acids is 1. The Balaban J connectivity index is 1.59. The third-order valence-corrected chi connectivity index (χ3v) is 6.46. The van der Waals surface area contributed by atoms with E-state index < -0.39 is 16.0 Å². The van der Waals surface area contributed by atoms with Crippen molar-refractivity contribution >= 4 is 27.8 Å². The zero-order valence-corrected chi connectivity index (χ0v) is 17.7. The topological polar surface area (TPSA) is 122 Å². The number of sulfonamides is 1. The molecule has 1 heterocycles. The van der Waals surface area contributed by atoms with Crippen LogP contribution in [0.15, 0.2) is 36.5 Å². The Hall–Kier alpha value is -2.72. The number of esters is 1. The van der Waals surface area contributed by atoms with Crippen molar-refractivity contribution in [1.29, 1.82) is 0 Å². The quantitative estimate of drug-likeness (QED) is 0.342. The van der Waals surface area contributed by atoms with E-state index in [0.29, 0.717) is 24.9 Å². The molecule has 0 radical (unpaired) electrons. The maximum absolute atomic E-state index is 12.2. The summed E-state index contributed by atoms with van der Waals surface area (Å²) in [5.74, 6) is 0.180. The van der Waals surface area contributed by atoms with Gasteiger partial charge in [-0.05, 0) is 31.7 Å². The largest absolute Gasteiger partial charge is 0.462 e. The first-order valence-electron chi connectivity index (χ1n) is 10.0. The molecule has 9 nitrogen and oxygen atoms in total. The fourth-order valence-corrected chi connectivity index (χ4v) is 4.17. The van der Waals surface area contributed by atoms with Gasteiger partial charge in [-0.2, -0.15) is 4.98 Å². The van der Waals surface area contributed by atoms with Crippen molar-refractivity contribution in [3.8, 4) is 0 Å². The molecule has 0 atom stereocenters. The van der Waals surface area contributed by atoms with E-state index in [2.05, 4.69) is 25.3 Å². The third-order valence-electron chi connectivity index (χ3n) is 4.51. The Bertz CT molecular complexity index is 949. The van der Waals surface area contributed by atoms with Crippen molar-refractivity contribution in [2.45, 2.75) is 31.4 Å². The summed E-state index contributed by atoms with van der Waals surface area (Å²) in [5.41, 5.74) is 1.42. The fraction of sp³-hybridized carbons (Fsp3) is 0.450. The van der Waals surface area contributed by atoms with Gasteiger partial charge in [0.05, 0.1) is 11.9 Å². The molecule has 0 bridgehead atoms. The van der Waals surface area contributed by atoms with E-state index >= 15 is 0 Å². The number of carbonyl (C=O) groups is 1. The Kier molecular flexibility index (Phi) is 7.58. The van der Waals surface area contributed by atoms with Gasteiger partial charge in [-0.25, -0.2) is 22.9 Å². The number of hydrogen-bond acceptors (Lipinski definition) is 8. The third kappa shape index (κ3) is 6.39. The zero-order valence-electron chi connectivity index (χ0n) is 16.9. The average Bonchev–Trinajstić information content (AvgIpc) is 3.58. The van der Waals surface area contributed by atoms with Crippen LogP contribution in [0, 0.1) is 0 Å². The second kappa shape index (κ2) is 10.4. The van der Waals surface area contributed by atoms with Crippen molar-refractivity contribution in [3.05, 3.63) is 47.7 Å². The molecule has 1 aromatic heterocycles. The van der Waals surface area contributed by atoms with Crippen LogP contribution >= 0.6 is 0 Å². The maximum atomic E-state index is 12.2. The number of rotatable bonds is 12. The molecule has 10 heteroatoms. The molecular weight excluding hydrogens is 406 g/mol. The van der Waals surface area contributed by atoms with Crippen LogP contribution in [0.4, 0.5) is 11.8 Å². The zero-order chi connectivity index (χ0) is 21.4. The van der Waals surface area contributed by atoms with Gasteiger partial charge in [0.15, 0.2) is 0 Å². The Morgan fingerprint density at radius 1 is 1.13 bits per heavy atom.